The molecule has 1 atom stereocenters. The van der Waals surface area contributed by atoms with Crippen LogP contribution in [0.2, 0.25) is 0 Å². The highest BCUT2D eigenvalue weighted by atomic mass is 32.2. The van der Waals surface area contributed by atoms with Crippen molar-refractivity contribution in [3.8, 4) is 0 Å². The van der Waals surface area contributed by atoms with Gasteiger partial charge in [0.1, 0.15) is 5.25 Å². The summed E-state index contributed by atoms with van der Waals surface area (Å²) in [6.45, 7) is 1.63. The van der Waals surface area contributed by atoms with Crippen LogP contribution in [0.25, 0.3) is 0 Å². The van der Waals surface area contributed by atoms with Crippen molar-refractivity contribution in [3.05, 3.63) is 100 Å². The van der Waals surface area contributed by atoms with Crippen LogP contribution in [0.4, 0.5) is 11.4 Å². The first-order valence-corrected chi connectivity index (χ1v) is 9.26. The van der Waals surface area contributed by atoms with Crippen LogP contribution in [0.3, 0.4) is 0 Å². The first-order valence-electron chi connectivity index (χ1n) is 8.38. The Hall–Kier alpha value is -3.12. The van der Waals surface area contributed by atoms with Crippen molar-refractivity contribution in [2.45, 2.75) is 17.1 Å². The second kappa shape index (κ2) is 8.51. The first kappa shape index (κ1) is 18.7. The number of nitro groups is 1. The van der Waals surface area contributed by atoms with Crippen molar-refractivity contribution in [2.75, 3.05) is 5.32 Å². The standard InChI is InChI=1S/C21H18N2O3S/c1-15-18(13-8-14-19(15)23(25)26)22-21(24)20(16-9-4-2-5-10-16)27-17-11-6-3-7-12-17/h2-14,20H,1H3,(H,22,24)/t20-/m1/s1. The maximum Gasteiger partial charge on any atom is 0.274 e. The van der Waals surface area contributed by atoms with Crippen molar-refractivity contribution in [1.29, 1.82) is 0 Å². The van der Waals surface area contributed by atoms with E-state index in [9.17, 15) is 14.9 Å². The number of nitrogens with one attached hydrogen (secondary N) is 1. The quantitative estimate of drug-likeness (QED) is 0.355. The van der Waals surface area contributed by atoms with Gasteiger partial charge in [-0.25, -0.2) is 0 Å². The van der Waals surface area contributed by atoms with Crippen LogP contribution in [-0.4, -0.2) is 10.8 Å². The maximum absolute atomic E-state index is 13.0. The van der Waals surface area contributed by atoms with Crippen LogP contribution in [0.1, 0.15) is 16.4 Å². The van der Waals surface area contributed by atoms with Gasteiger partial charge in [-0.2, -0.15) is 0 Å². The summed E-state index contributed by atoms with van der Waals surface area (Å²) in [5, 5.41) is 13.5. The maximum atomic E-state index is 13.0. The lowest BCUT2D eigenvalue weighted by atomic mass is 10.1. The van der Waals surface area contributed by atoms with Crippen molar-refractivity contribution in [2.24, 2.45) is 0 Å². The van der Waals surface area contributed by atoms with Crippen LogP contribution < -0.4 is 5.32 Å². The van der Waals surface area contributed by atoms with Crippen LogP contribution in [0.5, 0.6) is 0 Å². The van der Waals surface area contributed by atoms with E-state index in [1.165, 1.54) is 17.8 Å². The molecule has 3 aromatic rings. The fraction of sp³-hybridized carbons (Fsp3) is 0.0952. The van der Waals surface area contributed by atoms with E-state index in [1.54, 1.807) is 19.1 Å². The van der Waals surface area contributed by atoms with Crippen LogP contribution >= 0.6 is 11.8 Å². The van der Waals surface area contributed by atoms with Gasteiger partial charge in [0.25, 0.3) is 5.69 Å². The Morgan fingerprint density at radius 1 is 0.963 bits per heavy atom. The monoisotopic (exact) mass is 378 g/mol. The number of nitro benzene ring substituents is 1. The number of carbonyl (C=O) groups is 1. The fourth-order valence-electron chi connectivity index (χ4n) is 2.69. The van der Waals surface area contributed by atoms with Crippen LogP contribution in [-0.2, 0) is 4.79 Å². The molecular weight excluding hydrogens is 360 g/mol. The summed E-state index contributed by atoms with van der Waals surface area (Å²) in [4.78, 5) is 24.7. The SMILES string of the molecule is Cc1c(NC(=O)[C@H](Sc2ccccc2)c2ccccc2)cccc1[N+](=O)[O-]. The largest absolute Gasteiger partial charge is 0.324 e. The number of nitrogens with zero attached hydrogens (tertiary/aromatic N) is 1. The van der Waals surface area contributed by atoms with E-state index in [0.717, 1.165) is 10.5 Å². The molecule has 1 amide bonds. The third kappa shape index (κ3) is 4.54. The molecule has 6 heteroatoms. The molecule has 27 heavy (non-hydrogen) atoms. The summed E-state index contributed by atoms with van der Waals surface area (Å²) in [5.41, 5.74) is 1.74. The number of hydrogen-bond acceptors (Lipinski definition) is 4. The number of carbonyl (C=O) groups excluding carboxylic acids is 1. The zero-order valence-corrected chi connectivity index (χ0v) is 15.5. The van der Waals surface area contributed by atoms with Gasteiger partial charge in [-0.05, 0) is 30.7 Å². The molecule has 0 radical (unpaired) electrons. The summed E-state index contributed by atoms with van der Waals surface area (Å²) in [7, 11) is 0. The molecule has 0 aromatic heterocycles. The van der Waals surface area contributed by atoms with Gasteiger partial charge < -0.3 is 5.32 Å². The highest BCUT2D eigenvalue weighted by Crippen LogP contribution is 2.36. The Morgan fingerprint density at radius 3 is 2.22 bits per heavy atom. The lowest BCUT2D eigenvalue weighted by molar-refractivity contribution is -0.385. The van der Waals surface area contributed by atoms with E-state index in [4.69, 9.17) is 0 Å². The highest BCUT2D eigenvalue weighted by Gasteiger charge is 2.23. The summed E-state index contributed by atoms with van der Waals surface area (Å²) >= 11 is 1.44. The average Bonchev–Trinajstić information content (AvgIpc) is 2.69. The first-order chi connectivity index (χ1) is 13.1. The molecule has 0 spiro atoms. The van der Waals surface area contributed by atoms with Crippen molar-refractivity contribution >= 4 is 29.0 Å². The van der Waals surface area contributed by atoms with Crippen molar-refractivity contribution in [3.63, 3.8) is 0 Å². The lowest BCUT2D eigenvalue weighted by Crippen LogP contribution is -2.19. The zero-order valence-electron chi connectivity index (χ0n) is 14.7. The van der Waals surface area contributed by atoms with Crippen molar-refractivity contribution < 1.29 is 9.72 Å². The predicted molar refractivity (Wildman–Crippen MR) is 108 cm³/mol. The Labute approximate surface area is 161 Å². The number of anilines is 1. The number of thioether (sulfide) groups is 1. The van der Waals surface area contributed by atoms with Gasteiger partial charge in [-0.15, -0.1) is 11.8 Å². The molecule has 5 nitrogen and oxygen atoms in total. The van der Waals surface area contributed by atoms with E-state index >= 15 is 0 Å². The van der Waals surface area contributed by atoms with Crippen molar-refractivity contribution in [1.82, 2.24) is 0 Å². The Kier molecular flexibility index (Phi) is 5.88. The molecule has 1 N–H and O–H groups in total. The third-order valence-electron chi connectivity index (χ3n) is 4.10. The van der Waals surface area contributed by atoms with Gasteiger partial charge >= 0.3 is 0 Å². The second-order valence-electron chi connectivity index (χ2n) is 5.92. The van der Waals surface area contributed by atoms with E-state index in [1.807, 2.05) is 60.7 Å². The van der Waals surface area contributed by atoms with Gasteiger partial charge in [0, 0.05) is 11.0 Å². The van der Waals surface area contributed by atoms with Gasteiger partial charge in [0.15, 0.2) is 0 Å². The molecule has 3 aromatic carbocycles. The summed E-state index contributed by atoms with van der Waals surface area (Å²) in [6, 6.07) is 23.8. The molecule has 0 saturated carbocycles. The van der Waals surface area contributed by atoms with Gasteiger partial charge in [-0.1, -0.05) is 54.6 Å². The predicted octanol–water partition coefficient (Wildman–Crippen LogP) is 5.38. The molecule has 0 heterocycles. The fourth-order valence-corrected chi connectivity index (χ4v) is 3.74. The molecule has 0 saturated heterocycles. The molecule has 0 aliphatic heterocycles. The summed E-state index contributed by atoms with van der Waals surface area (Å²) < 4.78 is 0. The number of hydrogen-bond donors (Lipinski definition) is 1. The minimum Gasteiger partial charge on any atom is -0.324 e. The van der Waals surface area contributed by atoms with Gasteiger partial charge in [0.2, 0.25) is 5.91 Å². The number of amides is 1. The minimum absolute atomic E-state index is 0.0141. The average molecular weight is 378 g/mol. The van der Waals surface area contributed by atoms with Crippen LogP contribution in [0, 0.1) is 17.0 Å². The molecule has 0 unspecified atom stereocenters. The van der Waals surface area contributed by atoms with E-state index in [2.05, 4.69) is 5.32 Å². The third-order valence-corrected chi connectivity index (χ3v) is 5.36. The van der Waals surface area contributed by atoms with Gasteiger partial charge in [-0.3, -0.25) is 14.9 Å². The smallest absolute Gasteiger partial charge is 0.274 e. The zero-order chi connectivity index (χ0) is 19.2. The molecular formula is C21H18N2O3S. The molecule has 0 fully saturated rings. The topological polar surface area (TPSA) is 72.2 Å². The normalized spacial score (nSPS) is 11.6. The second-order valence-corrected chi connectivity index (χ2v) is 7.10. The summed E-state index contributed by atoms with van der Waals surface area (Å²) in [6.07, 6.45) is 0. The molecule has 0 aliphatic carbocycles. The minimum atomic E-state index is -0.479. The Bertz CT molecular complexity index is 946. The van der Waals surface area contributed by atoms with E-state index < -0.39 is 10.2 Å². The molecule has 136 valence electrons. The molecule has 0 aliphatic rings. The molecule has 0 bridgehead atoms. The van der Waals surface area contributed by atoms with Gasteiger partial charge in [0.05, 0.1) is 16.2 Å². The Morgan fingerprint density at radius 2 is 1.59 bits per heavy atom. The van der Waals surface area contributed by atoms with Crippen LogP contribution in [0.15, 0.2) is 83.8 Å². The van der Waals surface area contributed by atoms with E-state index in [-0.39, 0.29) is 11.6 Å². The molecule has 3 rings (SSSR count). The highest BCUT2D eigenvalue weighted by molar-refractivity contribution is 8.00. The Balaban J connectivity index is 1.90. The van der Waals surface area contributed by atoms with E-state index in [0.29, 0.717) is 11.3 Å². The number of rotatable bonds is 6. The lowest BCUT2D eigenvalue weighted by Gasteiger charge is -2.18. The number of benzene rings is 3. The summed E-state index contributed by atoms with van der Waals surface area (Å²) in [5.74, 6) is -0.223.